The highest BCUT2D eigenvalue weighted by molar-refractivity contribution is 5.27. The number of hydrogen-bond acceptors (Lipinski definition) is 2. The summed E-state index contributed by atoms with van der Waals surface area (Å²) < 4.78 is 0. The largest absolute Gasteiger partial charge is 0.315 e. The summed E-state index contributed by atoms with van der Waals surface area (Å²) in [6.07, 6.45) is 1.31. The average molecular weight is 246 g/mol. The molecule has 0 bridgehead atoms. The van der Waals surface area contributed by atoms with Gasteiger partial charge in [-0.15, -0.1) is 0 Å². The lowest BCUT2D eigenvalue weighted by molar-refractivity contribution is 0.129. The Balaban J connectivity index is 2.10. The first-order valence-corrected chi connectivity index (χ1v) is 6.88. The highest BCUT2D eigenvalue weighted by atomic mass is 15.2. The predicted octanol–water partition coefficient (Wildman–Crippen LogP) is 2.72. The molecule has 1 fully saturated rings. The Kier molecular flexibility index (Phi) is 3.79. The Morgan fingerprint density at radius 3 is 2.33 bits per heavy atom. The van der Waals surface area contributed by atoms with Crippen molar-refractivity contribution in [1.82, 2.24) is 10.2 Å². The first-order valence-electron chi connectivity index (χ1n) is 6.88. The van der Waals surface area contributed by atoms with Crippen molar-refractivity contribution in [3.63, 3.8) is 0 Å². The molecule has 1 aromatic carbocycles. The lowest BCUT2D eigenvalue weighted by Crippen LogP contribution is -2.55. The summed E-state index contributed by atoms with van der Waals surface area (Å²) in [6, 6.07) is 11.5. The molecule has 0 radical (unpaired) electrons. The van der Waals surface area contributed by atoms with E-state index < -0.39 is 0 Å². The Bertz CT molecular complexity index is 383. The fourth-order valence-electron chi connectivity index (χ4n) is 3.04. The highest BCUT2D eigenvalue weighted by Gasteiger charge is 2.49. The first kappa shape index (κ1) is 13.6. The second-order valence-corrected chi connectivity index (χ2v) is 6.23. The fourth-order valence-corrected chi connectivity index (χ4v) is 3.04. The Morgan fingerprint density at radius 2 is 1.83 bits per heavy atom. The smallest absolute Gasteiger partial charge is 0.0302 e. The minimum atomic E-state index is 0.183. The SMILES string of the molecule is CNC(C1CC1c1ccccc1)C(C)(C)N(C)C. The number of nitrogens with one attached hydrogen (secondary N) is 1. The lowest BCUT2D eigenvalue weighted by atomic mass is 9.88. The van der Waals surface area contributed by atoms with Crippen LogP contribution in [0, 0.1) is 5.92 Å². The molecule has 3 unspecified atom stereocenters. The molecule has 0 saturated heterocycles. The van der Waals surface area contributed by atoms with E-state index in [4.69, 9.17) is 0 Å². The summed E-state index contributed by atoms with van der Waals surface area (Å²) in [5.74, 6) is 1.50. The number of nitrogens with zero attached hydrogens (tertiary/aromatic N) is 1. The monoisotopic (exact) mass is 246 g/mol. The zero-order chi connectivity index (χ0) is 13.3. The molecule has 2 rings (SSSR count). The van der Waals surface area contributed by atoms with Crippen LogP contribution >= 0.6 is 0 Å². The summed E-state index contributed by atoms with van der Waals surface area (Å²) >= 11 is 0. The summed E-state index contributed by atoms with van der Waals surface area (Å²) in [6.45, 7) is 4.66. The van der Waals surface area contributed by atoms with Gasteiger partial charge in [0.1, 0.15) is 0 Å². The van der Waals surface area contributed by atoms with Crippen molar-refractivity contribution in [3.05, 3.63) is 35.9 Å². The summed E-state index contributed by atoms with van der Waals surface area (Å²) in [5, 5.41) is 3.54. The van der Waals surface area contributed by atoms with Gasteiger partial charge in [-0.1, -0.05) is 30.3 Å². The Morgan fingerprint density at radius 1 is 1.22 bits per heavy atom. The van der Waals surface area contributed by atoms with E-state index in [-0.39, 0.29) is 5.54 Å². The summed E-state index contributed by atoms with van der Waals surface area (Å²) in [5.41, 5.74) is 1.68. The third kappa shape index (κ3) is 2.45. The number of benzene rings is 1. The maximum Gasteiger partial charge on any atom is 0.0302 e. The van der Waals surface area contributed by atoms with E-state index in [1.165, 1.54) is 12.0 Å². The second kappa shape index (κ2) is 5.02. The van der Waals surface area contributed by atoms with E-state index in [0.717, 1.165) is 11.8 Å². The molecule has 1 aliphatic rings. The molecule has 0 amide bonds. The minimum Gasteiger partial charge on any atom is -0.315 e. The molecule has 3 atom stereocenters. The minimum absolute atomic E-state index is 0.183. The molecule has 100 valence electrons. The number of likely N-dealkylation sites (N-methyl/N-ethyl adjacent to an activating group) is 2. The third-order valence-corrected chi connectivity index (χ3v) is 4.72. The molecule has 2 heteroatoms. The predicted molar refractivity (Wildman–Crippen MR) is 77.9 cm³/mol. The van der Waals surface area contributed by atoms with Crippen molar-refractivity contribution in [2.24, 2.45) is 5.92 Å². The first-order chi connectivity index (χ1) is 8.48. The molecule has 0 aliphatic heterocycles. The van der Waals surface area contributed by atoms with Crippen LogP contribution in [0.2, 0.25) is 0 Å². The van der Waals surface area contributed by atoms with E-state index in [1.807, 2.05) is 0 Å². The van der Waals surface area contributed by atoms with Gasteiger partial charge in [-0.05, 0) is 58.8 Å². The van der Waals surface area contributed by atoms with Gasteiger partial charge in [0.2, 0.25) is 0 Å². The zero-order valence-electron chi connectivity index (χ0n) is 12.3. The summed E-state index contributed by atoms with van der Waals surface area (Å²) in [4.78, 5) is 2.33. The van der Waals surface area contributed by atoms with Crippen LogP contribution in [0.1, 0.15) is 31.7 Å². The Labute approximate surface area is 111 Å². The quantitative estimate of drug-likeness (QED) is 0.859. The van der Waals surface area contributed by atoms with E-state index in [0.29, 0.717) is 6.04 Å². The van der Waals surface area contributed by atoms with Gasteiger partial charge in [0.05, 0.1) is 0 Å². The van der Waals surface area contributed by atoms with Gasteiger partial charge >= 0.3 is 0 Å². The van der Waals surface area contributed by atoms with Crippen LogP contribution in [-0.2, 0) is 0 Å². The molecular formula is C16H26N2. The van der Waals surface area contributed by atoms with Crippen LogP contribution in [0.15, 0.2) is 30.3 Å². The van der Waals surface area contributed by atoms with Crippen LogP contribution in [-0.4, -0.2) is 37.6 Å². The maximum atomic E-state index is 3.54. The molecule has 1 aromatic rings. The average Bonchev–Trinajstić information content (AvgIpc) is 3.11. The molecule has 1 aliphatic carbocycles. The van der Waals surface area contributed by atoms with Crippen LogP contribution < -0.4 is 5.32 Å². The third-order valence-electron chi connectivity index (χ3n) is 4.72. The molecule has 0 heterocycles. The maximum absolute atomic E-state index is 3.54. The van der Waals surface area contributed by atoms with Gasteiger partial charge in [0, 0.05) is 11.6 Å². The summed E-state index contributed by atoms with van der Waals surface area (Å²) in [7, 11) is 6.44. The van der Waals surface area contributed by atoms with Crippen molar-refractivity contribution < 1.29 is 0 Å². The van der Waals surface area contributed by atoms with Crippen molar-refractivity contribution in [1.29, 1.82) is 0 Å². The van der Waals surface area contributed by atoms with Crippen LogP contribution in [0.5, 0.6) is 0 Å². The van der Waals surface area contributed by atoms with Gasteiger partial charge in [-0.2, -0.15) is 0 Å². The van der Waals surface area contributed by atoms with Crippen molar-refractivity contribution in [3.8, 4) is 0 Å². The number of hydrogen-bond donors (Lipinski definition) is 1. The highest BCUT2D eigenvalue weighted by Crippen LogP contribution is 2.51. The molecule has 0 spiro atoms. The van der Waals surface area contributed by atoms with Crippen LogP contribution in [0.3, 0.4) is 0 Å². The second-order valence-electron chi connectivity index (χ2n) is 6.23. The normalized spacial score (nSPS) is 25.2. The Hall–Kier alpha value is -0.860. The standard InChI is InChI=1S/C16H26N2/c1-16(2,18(4)5)15(17-3)14-11-13(14)12-9-7-6-8-10-12/h6-10,13-15,17H,11H2,1-5H3. The van der Waals surface area contributed by atoms with E-state index in [1.54, 1.807) is 0 Å². The van der Waals surface area contributed by atoms with E-state index in [2.05, 4.69) is 75.5 Å². The fraction of sp³-hybridized carbons (Fsp3) is 0.625. The molecule has 18 heavy (non-hydrogen) atoms. The van der Waals surface area contributed by atoms with E-state index >= 15 is 0 Å². The lowest BCUT2D eigenvalue weighted by Gasteiger charge is -2.40. The molecule has 2 nitrogen and oxygen atoms in total. The molecule has 1 saturated carbocycles. The molecule has 1 N–H and O–H groups in total. The van der Waals surface area contributed by atoms with E-state index in [9.17, 15) is 0 Å². The van der Waals surface area contributed by atoms with Crippen molar-refractivity contribution in [2.75, 3.05) is 21.1 Å². The molecule has 0 aromatic heterocycles. The number of rotatable bonds is 5. The van der Waals surface area contributed by atoms with Gasteiger partial charge in [0.25, 0.3) is 0 Å². The molecular weight excluding hydrogens is 220 g/mol. The van der Waals surface area contributed by atoms with Gasteiger partial charge in [0.15, 0.2) is 0 Å². The van der Waals surface area contributed by atoms with Gasteiger partial charge in [-0.3, -0.25) is 0 Å². The van der Waals surface area contributed by atoms with Crippen molar-refractivity contribution in [2.45, 2.75) is 37.8 Å². The van der Waals surface area contributed by atoms with Gasteiger partial charge in [-0.25, -0.2) is 0 Å². The zero-order valence-corrected chi connectivity index (χ0v) is 12.3. The van der Waals surface area contributed by atoms with Crippen LogP contribution in [0.4, 0.5) is 0 Å². The topological polar surface area (TPSA) is 15.3 Å². The van der Waals surface area contributed by atoms with Crippen molar-refractivity contribution >= 4 is 0 Å². The van der Waals surface area contributed by atoms with Gasteiger partial charge < -0.3 is 10.2 Å². The van der Waals surface area contributed by atoms with Crippen LogP contribution in [0.25, 0.3) is 0 Å².